The Kier molecular flexibility index (Phi) is 6.17. The van der Waals surface area contributed by atoms with Gasteiger partial charge in [-0.15, -0.1) is 0 Å². The zero-order valence-electron chi connectivity index (χ0n) is 20.6. The molecule has 188 valence electrons. The number of hydrogen-bond acceptors (Lipinski definition) is 6. The van der Waals surface area contributed by atoms with Crippen molar-refractivity contribution >= 4 is 17.7 Å². The van der Waals surface area contributed by atoms with E-state index in [0.29, 0.717) is 29.3 Å². The quantitative estimate of drug-likeness (QED) is 0.316. The Labute approximate surface area is 213 Å². The summed E-state index contributed by atoms with van der Waals surface area (Å²) in [5, 5.41) is 16.3. The van der Waals surface area contributed by atoms with E-state index in [-0.39, 0.29) is 0 Å². The van der Waals surface area contributed by atoms with Crippen LogP contribution in [0.15, 0.2) is 77.3 Å². The van der Waals surface area contributed by atoms with Crippen LogP contribution < -0.4 is 10.1 Å². The van der Waals surface area contributed by atoms with Crippen LogP contribution in [0.2, 0.25) is 0 Å². The fourth-order valence-corrected chi connectivity index (χ4v) is 4.37. The fourth-order valence-electron chi connectivity index (χ4n) is 4.37. The molecule has 1 aliphatic rings. The molecule has 0 saturated heterocycles. The van der Waals surface area contributed by atoms with Crippen molar-refractivity contribution in [2.75, 3.05) is 5.32 Å². The van der Waals surface area contributed by atoms with E-state index in [1.54, 1.807) is 19.9 Å². The maximum absolute atomic E-state index is 12.6. The van der Waals surface area contributed by atoms with Crippen molar-refractivity contribution in [3.05, 3.63) is 89.6 Å². The van der Waals surface area contributed by atoms with Crippen LogP contribution in [0.3, 0.4) is 0 Å². The Bertz CT molecular complexity index is 1460. The van der Waals surface area contributed by atoms with Gasteiger partial charge in [0.1, 0.15) is 23.2 Å². The summed E-state index contributed by atoms with van der Waals surface area (Å²) in [6.07, 6.45) is -0.723. The van der Waals surface area contributed by atoms with Gasteiger partial charge in [0.05, 0.1) is 0 Å². The van der Waals surface area contributed by atoms with Crippen molar-refractivity contribution in [2.24, 2.45) is 0 Å². The summed E-state index contributed by atoms with van der Waals surface area (Å²) in [6.45, 7) is 5.13. The monoisotopic (exact) mass is 498 g/mol. The highest BCUT2D eigenvalue weighted by molar-refractivity contribution is 5.91. The molecule has 0 fully saturated rings. The normalized spacial score (nSPS) is 16.9. The lowest BCUT2D eigenvalue weighted by molar-refractivity contribution is -0.152. The third kappa shape index (κ3) is 4.78. The number of rotatable bonds is 6. The first kappa shape index (κ1) is 24.1. The van der Waals surface area contributed by atoms with E-state index >= 15 is 0 Å². The second-order valence-corrected chi connectivity index (χ2v) is 9.27. The molecule has 2 atom stereocenters. The van der Waals surface area contributed by atoms with E-state index < -0.39 is 23.8 Å². The van der Waals surface area contributed by atoms with Gasteiger partial charge in [0.25, 0.3) is 0 Å². The molecule has 4 aromatic rings. The lowest BCUT2D eigenvalue weighted by atomic mass is 9.96. The van der Waals surface area contributed by atoms with Gasteiger partial charge in [-0.25, -0.2) is 9.59 Å². The molecule has 0 saturated carbocycles. The molecule has 0 spiro atoms. The Morgan fingerprint density at radius 3 is 2.41 bits per heavy atom. The molecule has 2 N–H and O–H groups in total. The third-order valence-electron chi connectivity index (χ3n) is 6.50. The largest absolute Gasteiger partial charge is 0.478 e. The van der Waals surface area contributed by atoms with Crippen LogP contribution in [0.5, 0.6) is 5.75 Å². The molecule has 1 aliphatic heterocycles. The third-order valence-corrected chi connectivity index (χ3v) is 6.50. The number of aryl methyl sites for hydroxylation is 1. The van der Waals surface area contributed by atoms with Gasteiger partial charge in [-0.2, -0.15) is 0 Å². The van der Waals surface area contributed by atoms with Gasteiger partial charge in [-0.3, -0.25) is 5.32 Å². The smallest absolute Gasteiger partial charge is 0.412 e. The molecule has 1 amide bonds. The summed E-state index contributed by atoms with van der Waals surface area (Å²) in [6, 6.07) is 22.8. The zero-order chi connectivity index (χ0) is 26.2. The Hall–Kier alpha value is -4.59. The first-order chi connectivity index (χ1) is 17.7. The molecule has 1 aromatic heterocycles. The average molecular weight is 499 g/mol. The summed E-state index contributed by atoms with van der Waals surface area (Å²) < 4.78 is 16.7. The summed E-state index contributed by atoms with van der Waals surface area (Å²) in [5.41, 5.74) is 4.08. The summed E-state index contributed by atoms with van der Waals surface area (Å²) >= 11 is 0. The predicted molar refractivity (Wildman–Crippen MR) is 137 cm³/mol. The van der Waals surface area contributed by atoms with Crippen LogP contribution in [0.25, 0.3) is 22.5 Å². The number of carbonyl (C=O) groups excluding carboxylic acids is 1. The molecule has 8 nitrogen and oxygen atoms in total. The summed E-state index contributed by atoms with van der Waals surface area (Å²) in [5.74, 6) is 0.0271. The Morgan fingerprint density at radius 2 is 1.70 bits per heavy atom. The van der Waals surface area contributed by atoms with E-state index in [0.717, 1.165) is 27.8 Å². The molecule has 0 radical (unpaired) electrons. The van der Waals surface area contributed by atoms with E-state index in [4.69, 9.17) is 14.0 Å². The van der Waals surface area contributed by atoms with E-state index in [1.807, 2.05) is 73.7 Å². The standard InChI is InChI=1S/C29H26N2O6/c1-17-25(30-28(34)35-18(2)19-7-5-4-6-8-19)26(37-31-17)21-11-9-20(10-12-21)22-13-14-24-23(15-22)16-29(3,36-24)27(32)33/h4-15,18H,16H2,1-3H3,(H,30,34)(H,32,33). The van der Waals surface area contributed by atoms with Crippen LogP contribution in [-0.4, -0.2) is 27.9 Å². The Balaban J connectivity index is 1.32. The topological polar surface area (TPSA) is 111 Å². The van der Waals surface area contributed by atoms with Crippen molar-refractivity contribution in [2.45, 2.75) is 38.9 Å². The van der Waals surface area contributed by atoms with E-state index in [1.165, 1.54) is 0 Å². The highest BCUT2D eigenvalue weighted by atomic mass is 16.6. The first-order valence-corrected chi connectivity index (χ1v) is 11.9. The number of carbonyl (C=O) groups is 2. The average Bonchev–Trinajstić information content (AvgIpc) is 3.43. The van der Waals surface area contributed by atoms with Crippen molar-refractivity contribution in [1.29, 1.82) is 0 Å². The highest BCUT2D eigenvalue weighted by Gasteiger charge is 2.42. The molecule has 3 aromatic carbocycles. The first-order valence-electron chi connectivity index (χ1n) is 11.9. The van der Waals surface area contributed by atoms with E-state index in [2.05, 4.69) is 10.5 Å². The maximum Gasteiger partial charge on any atom is 0.412 e. The number of carboxylic acids is 1. The minimum atomic E-state index is -1.25. The van der Waals surface area contributed by atoms with Gasteiger partial charge in [0, 0.05) is 12.0 Å². The van der Waals surface area contributed by atoms with Crippen LogP contribution in [0.1, 0.15) is 36.8 Å². The zero-order valence-corrected chi connectivity index (χ0v) is 20.6. The Morgan fingerprint density at radius 1 is 1.03 bits per heavy atom. The molecule has 2 unspecified atom stereocenters. The number of aromatic nitrogens is 1. The number of benzene rings is 3. The van der Waals surface area contributed by atoms with Crippen molar-refractivity contribution < 1.29 is 28.7 Å². The van der Waals surface area contributed by atoms with Crippen molar-refractivity contribution in [1.82, 2.24) is 5.16 Å². The number of aliphatic carboxylic acids is 1. The molecular weight excluding hydrogens is 472 g/mol. The molecule has 0 bridgehead atoms. The highest BCUT2D eigenvalue weighted by Crippen LogP contribution is 2.38. The number of ether oxygens (including phenoxy) is 2. The molecule has 0 aliphatic carbocycles. The summed E-state index contributed by atoms with van der Waals surface area (Å²) in [4.78, 5) is 24.2. The molecule has 5 rings (SSSR count). The predicted octanol–water partition coefficient (Wildman–Crippen LogP) is 6.40. The minimum Gasteiger partial charge on any atom is -0.478 e. The SMILES string of the molecule is Cc1noc(-c2ccc(-c3ccc4c(c3)CC(C)(C(=O)O)O4)cc2)c1NC(=O)OC(C)c1ccccc1. The molecular formula is C29H26N2O6. The van der Waals surface area contributed by atoms with E-state index in [9.17, 15) is 14.7 Å². The van der Waals surface area contributed by atoms with Gasteiger partial charge in [-0.05, 0) is 55.2 Å². The summed E-state index contributed by atoms with van der Waals surface area (Å²) in [7, 11) is 0. The second-order valence-electron chi connectivity index (χ2n) is 9.27. The lowest BCUT2D eigenvalue weighted by Gasteiger charge is -2.17. The van der Waals surface area contributed by atoms with Crippen molar-refractivity contribution in [3.8, 4) is 28.2 Å². The molecule has 8 heteroatoms. The van der Waals surface area contributed by atoms with Crippen LogP contribution in [0, 0.1) is 6.92 Å². The van der Waals surface area contributed by atoms with Gasteiger partial charge in [0.15, 0.2) is 5.76 Å². The lowest BCUT2D eigenvalue weighted by Crippen LogP contribution is -2.39. The number of anilines is 1. The number of nitrogens with one attached hydrogen (secondary N) is 1. The van der Waals surface area contributed by atoms with Gasteiger partial charge >= 0.3 is 12.1 Å². The molecule has 2 heterocycles. The van der Waals surface area contributed by atoms with Crippen LogP contribution in [-0.2, 0) is 16.0 Å². The van der Waals surface area contributed by atoms with Gasteiger partial charge in [0.2, 0.25) is 5.60 Å². The second kappa shape index (κ2) is 9.46. The number of nitrogens with zero attached hydrogens (tertiary/aromatic N) is 1. The van der Waals surface area contributed by atoms with Crippen LogP contribution >= 0.6 is 0 Å². The van der Waals surface area contributed by atoms with Crippen LogP contribution in [0.4, 0.5) is 10.5 Å². The van der Waals surface area contributed by atoms with Crippen molar-refractivity contribution in [3.63, 3.8) is 0 Å². The number of hydrogen-bond donors (Lipinski definition) is 2. The molecule has 37 heavy (non-hydrogen) atoms. The number of amides is 1. The number of carboxylic acid groups (broad SMARTS) is 1. The minimum absolute atomic E-state index is 0.301. The number of fused-ring (bicyclic) bond motifs is 1. The van der Waals surface area contributed by atoms with Gasteiger partial charge in [-0.1, -0.05) is 65.8 Å². The maximum atomic E-state index is 12.6. The fraction of sp³-hybridized carbons (Fsp3) is 0.207. The van der Waals surface area contributed by atoms with Gasteiger partial charge < -0.3 is 19.1 Å².